The van der Waals surface area contributed by atoms with Gasteiger partial charge in [0.05, 0.1) is 0 Å². The van der Waals surface area contributed by atoms with Crippen molar-refractivity contribution in [3.63, 3.8) is 0 Å². The van der Waals surface area contributed by atoms with Crippen molar-refractivity contribution < 1.29 is 0 Å². The number of hydrogen-bond acceptors (Lipinski definition) is 2. The normalized spacial score (nSPS) is 16.9. The highest BCUT2D eigenvalue weighted by atomic mass is 35.6. The molecule has 0 fully saturated rings. The summed E-state index contributed by atoms with van der Waals surface area (Å²) in [5.41, 5.74) is 1.82. The maximum Gasteiger partial charge on any atom is 0.329 e. The molecule has 0 rings (SSSR count). The van der Waals surface area contributed by atoms with E-state index in [1.807, 2.05) is 31.3 Å². The highest BCUT2D eigenvalue weighted by molar-refractivity contribution is 7.20. The Morgan fingerprint density at radius 2 is 2.20 bits per heavy atom. The maximum absolute atomic E-state index is 6.19. The number of nitrogens with one attached hydrogen (secondary N) is 1. The van der Waals surface area contributed by atoms with Crippen LogP contribution in [0.4, 0.5) is 0 Å². The van der Waals surface area contributed by atoms with Crippen LogP contribution in [0.3, 0.4) is 0 Å². The molecule has 0 aromatic heterocycles. The molecule has 0 amide bonds. The van der Waals surface area contributed by atoms with Gasteiger partial charge in [-0.25, -0.2) is 0 Å². The molecule has 0 aliphatic heterocycles. The van der Waals surface area contributed by atoms with Crippen LogP contribution in [0.5, 0.6) is 0 Å². The Balaban J connectivity index is 4.08. The van der Waals surface area contributed by atoms with E-state index >= 15 is 0 Å². The molecule has 1 atom stereocenters. The van der Waals surface area contributed by atoms with E-state index in [1.165, 1.54) is 0 Å². The largest absolute Gasteiger partial charge is 0.329 e. The van der Waals surface area contributed by atoms with Crippen LogP contribution in [0.1, 0.15) is 6.92 Å². The second kappa shape index (κ2) is 4.13. The van der Waals surface area contributed by atoms with E-state index in [1.54, 1.807) is 0 Å². The van der Waals surface area contributed by atoms with Crippen molar-refractivity contribution in [3.05, 3.63) is 12.3 Å². The molecule has 0 spiro atoms. The minimum atomic E-state index is -1.98. The quantitative estimate of drug-likeness (QED) is 0.512. The summed E-state index contributed by atoms with van der Waals surface area (Å²) in [6.45, 7) is 6.63. The van der Waals surface area contributed by atoms with Gasteiger partial charge in [-0.05, 0) is 20.6 Å². The van der Waals surface area contributed by atoms with Crippen molar-refractivity contribution in [2.75, 3.05) is 20.6 Å². The first kappa shape index (κ1) is 10.2. The topological polar surface area (TPSA) is 15.3 Å². The predicted octanol–water partition coefficient (Wildman–Crippen LogP) is 1.06. The lowest BCUT2D eigenvalue weighted by molar-refractivity contribution is 0.618. The van der Waals surface area contributed by atoms with Crippen LogP contribution in [-0.4, -0.2) is 32.9 Å². The molecule has 2 nitrogen and oxygen atoms in total. The summed E-state index contributed by atoms with van der Waals surface area (Å²) in [5, 5.41) is 0. The van der Waals surface area contributed by atoms with Gasteiger partial charge < -0.3 is 9.55 Å². The highest BCUT2D eigenvalue weighted by Crippen LogP contribution is 2.07. The van der Waals surface area contributed by atoms with Gasteiger partial charge in [0.1, 0.15) is 0 Å². The minimum Gasteiger partial charge on any atom is -0.310 e. The summed E-state index contributed by atoms with van der Waals surface area (Å²) in [6.07, 6.45) is 0. The van der Waals surface area contributed by atoms with Gasteiger partial charge in [-0.1, -0.05) is 12.6 Å². The SMILES string of the molecule is C=C[Si](Cl)(NCC)N(C)C. The fourth-order valence-electron chi connectivity index (χ4n) is 0.661. The van der Waals surface area contributed by atoms with Gasteiger partial charge in [0.25, 0.3) is 0 Å². The van der Waals surface area contributed by atoms with Gasteiger partial charge in [-0.15, -0.1) is 17.7 Å². The summed E-state index contributed by atoms with van der Waals surface area (Å²) < 4.78 is 2.01. The Morgan fingerprint density at radius 1 is 1.70 bits per heavy atom. The molecule has 0 aromatic rings. The number of halogens is 1. The molecule has 0 aliphatic carbocycles. The summed E-state index contributed by atoms with van der Waals surface area (Å²) in [4.78, 5) is 3.22. The minimum absolute atomic E-state index is 0.889. The van der Waals surface area contributed by atoms with Crippen LogP contribution in [-0.2, 0) is 0 Å². The van der Waals surface area contributed by atoms with Crippen molar-refractivity contribution >= 4 is 18.8 Å². The van der Waals surface area contributed by atoms with Crippen LogP contribution in [0.15, 0.2) is 12.3 Å². The van der Waals surface area contributed by atoms with Gasteiger partial charge >= 0.3 is 7.71 Å². The van der Waals surface area contributed by atoms with E-state index in [0.717, 1.165) is 6.54 Å². The van der Waals surface area contributed by atoms with Crippen molar-refractivity contribution in [2.45, 2.75) is 6.92 Å². The van der Waals surface area contributed by atoms with E-state index in [9.17, 15) is 0 Å². The zero-order valence-corrected chi connectivity index (χ0v) is 8.57. The third-order valence-electron chi connectivity index (χ3n) is 1.35. The lowest BCUT2D eigenvalue weighted by Gasteiger charge is -2.27. The molecule has 1 N–H and O–H groups in total. The average molecular weight is 179 g/mol. The van der Waals surface area contributed by atoms with Gasteiger partial charge in [0.2, 0.25) is 0 Å². The van der Waals surface area contributed by atoms with Gasteiger partial charge in [-0.3, -0.25) is 0 Å². The first-order valence-corrected chi connectivity index (χ1v) is 6.35. The van der Waals surface area contributed by atoms with Crippen molar-refractivity contribution in [3.8, 4) is 0 Å². The van der Waals surface area contributed by atoms with Crippen LogP contribution in [0.2, 0.25) is 0 Å². The molecule has 1 unspecified atom stereocenters. The Morgan fingerprint density at radius 3 is 2.30 bits per heavy atom. The zero-order chi connectivity index (χ0) is 8.20. The number of nitrogens with zero attached hydrogens (tertiary/aromatic N) is 1. The molecular weight excluding hydrogens is 164 g/mol. The maximum atomic E-state index is 6.19. The predicted molar refractivity (Wildman–Crippen MR) is 49.2 cm³/mol. The first-order chi connectivity index (χ1) is 4.56. The molecule has 0 bridgehead atoms. The van der Waals surface area contributed by atoms with E-state index in [0.29, 0.717) is 0 Å². The van der Waals surface area contributed by atoms with Gasteiger partial charge in [-0.2, -0.15) is 0 Å². The molecule has 60 valence electrons. The third kappa shape index (κ3) is 2.42. The summed E-state index contributed by atoms with van der Waals surface area (Å²) in [6, 6.07) is 0. The van der Waals surface area contributed by atoms with Crippen LogP contribution >= 0.6 is 11.1 Å². The van der Waals surface area contributed by atoms with Crippen LogP contribution in [0, 0.1) is 0 Å². The Kier molecular flexibility index (Phi) is 4.20. The molecule has 0 aromatic carbocycles. The fourth-order valence-corrected chi connectivity index (χ4v) is 2.38. The third-order valence-corrected chi connectivity index (χ3v) is 5.92. The zero-order valence-electron chi connectivity index (χ0n) is 6.82. The van der Waals surface area contributed by atoms with E-state index in [2.05, 4.69) is 11.6 Å². The molecule has 0 aliphatic rings. The van der Waals surface area contributed by atoms with E-state index < -0.39 is 7.71 Å². The average Bonchev–Trinajstić information content (AvgIpc) is 1.88. The number of rotatable bonds is 4. The molecule has 0 heterocycles. The first-order valence-electron chi connectivity index (χ1n) is 3.31. The second-order valence-electron chi connectivity index (χ2n) is 2.30. The smallest absolute Gasteiger partial charge is 0.310 e. The second-order valence-corrected chi connectivity index (χ2v) is 7.03. The van der Waals surface area contributed by atoms with Gasteiger partial charge in [0, 0.05) is 0 Å². The van der Waals surface area contributed by atoms with Crippen molar-refractivity contribution in [2.24, 2.45) is 0 Å². The molecule has 10 heavy (non-hydrogen) atoms. The van der Waals surface area contributed by atoms with Crippen LogP contribution < -0.4 is 4.98 Å². The Bertz CT molecular complexity index is 118. The lowest BCUT2D eigenvalue weighted by Crippen LogP contribution is -2.55. The molecule has 4 heteroatoms. The summed E-state index contributed by atoms with van der Waals surface area (Å²) in [7, 11) is 1.94. The van der Waals surface area contributed by atoms with Gasteiger partial charge in [0.15, 0.2) is 0 Å². The lowest BCUT2D eigenvalue weighted by atomic mass is 10.8. The molecule has 0 radical (unpaired) electrons. The Labute approximate surface area is 68.7 Å². The number of hydrogen-bond donors (Lipinski definition) is 1. The van der Waals surface area contributed by atoms with E-state index in [4.69, 9.17) is 11.1 Å². The molecule has 0 saturated carbocycles. The summed E-state index contributed by atoms with van der Waals surface area (Å²) >= 11 is 6.19. The molecular formula is C6H15ClN2Si. The van der Waals surface area contributed by atoms with Crippen molar-refractivity contribution in [1.29, 1.82) is 0 Å². The van der Waals surface area contributed by atoms with Crippen LogP contribution in [0.25, 0.3) is 0 Å². The monoisotopic (exact) mass is 178 g/mol. The summed E-state index contributed by atoms with van der Waals surface area (Å²) in [5.74, 6) is 0. The highest BCUT2D eigenvalue weighted by Gasteiger charge is 2.29. The Hall–Kier alpha value is 0.167. The molecule has 0 saturated heterocycles. The standard InChI is InChI=1S/C6H15ClN2Si/c1-5-8-10(7,6-2)9(3)4/h6,8H,2,5H2,1,3-4H3. The van der Waals surface area contributed by atoms with E-state index in [-0.39, 0.29) is 0 Å². The van der Waals surface area contributed by atoms with Crippen molar-refractivity contribution in [1.82, 2.24) is 9.55 Å². The fraction of sp³-hybridized carbons (Fsp3) is 0.667.